The number of hydrogen-bond acceptors (Lipinski definition) is 6. The summed E-state index contributed by atoms with van der Waals surface area (Å²) in [4.78, 5) is 0. The second-order valence-electron chi connectivity index (χ2n) is 1.99. The monoisotopic (exact) mass is 188 g/mol. The second kappa shape index (κ2) is 5.25. The van der Waals surface area contributed by atoms with Gasteiger partial charge in [-0.3, -0.25) is 0 Å². The van der Waals surface area contributed by atoms with Gasteiger partial charge in [0.1, 0.15) is 0 Å². The minimum absolute atomic E-state index is 0.310. The summed E-state index contributed by atoms with van der Waals surface area (Å²) in [5.41, 5.74) is 0. The molecule has 0 aliphatic heterocycles. The summed E-state index contributed by atoms with van der Waals surface area (Å²) in [5.74, 6) is -1.09. The van der Waals surface area contributed by atoms with E-state index in [9.17, 15) is 0 Å². The molecule has 0 saturated carbocycles. The molecule has 0 spiro atoms. The number of hydrogen-bond donors (Lipinski definition) is 6. The first-order valence-electron chi connectivity index (χ1n) is 3.19. The number of para-hydroxylation sites is 1. The second-order valence-corrected chi connectivity index (χ2v) is 1.99. The molecule has 0 unspecified atom stereocenters. The summed E-state index contributed by atoms with van der Waals surface area (Å²) >= 11 is 0. The maximum atomic E-state index is 8.71. The van der Waals surface area contributed by atoms with Gasteiger partial charge in [0, 0.05) is 0 Å². The SMILES string of the molecule is OB(O)O.Oc1cccc(O)c1O. The van der Waals surface area contributed by atoms with Crippen molar-refractivity contribution in [3.63, 3.8) is 0 Å². The molecule has 13 heavy (non-hydrogen) atoms. The molecule has 0 amide bonds. The van der Waals surface area contributed by atoms with Crippen LogP contribution < -0.4 is 0 Å². The summed E-state index contributed by atoms with van der Waals surface area (Å²) in [7, 11) is -2.17. The normalized spacial score (nSPS) is 8.54. The van der Waals surface area contributed by atoms with Crippen LogP contribution in [0.2, 0.25) is 0 Å². The van der Waals surface area contributed by atoms with Gasteiger partial charge in [-0.1, -0.05) is 6.07 Å². The Kier molecular flexibility index (Phi) is 4.67. The summed E-state index contributed by atoms with van der Waals surface area (Å²) in [6.45, 7) is 0. The Hall–Kier alpha value is -1.44. The lowest BCUT2D eigenvalue weighted by molar-refractivity contribution is 0.278. The van der Waals surface area contributed by atoms with Gasteiger partial charge in [-0.25, -0.2) is 0 Å². The third kappa shape index (κ3) is 4.91. The standard InChI is InChI=1S/C6H6O3.BH3O3/c7-4-2-1-3-5(8)6(4)9;2-1(3)4/h1-3,7-9H;2-4H. The highest BCUT2D eigenvalue weighted by Gasteiger charge is 2.00. The van der Waals surface area contributed by atoms with Crippen LogP contribution in [0.5, 0.6) is 17.2 Å². The molecule has 0 saturated heterocycles. The smallest absolute Gasteiger partial charge is 0.504 e. The Balaban J connectivity index is 0.000000310. The van der Waals surface area contributed by atoms with Gasteiger partial charge >= 0.3 is 7.32 Å². The molecule has 0 bridgehead atoms. The van der Waals surface area contributed by atoms with E-state index in [2.05, 4.69) is 0 Å². The first-order chi connectivity index (χ1) is 5.95. The van der Waals surface area contributed by atoms with E-state index in [1.54, 1.807) is 0 Å². The zero-order valence-electron chi connectivity index (χ0n) is 6.49. The lowest BCUT2D eigenvalue weighted by Gasteiger charge is -1.96. The quantitative estimate of drug-likeness (QED) is 0.223. The molecule has 0 atom stereocenters. The van der Waals surface area contributed by atoms with E-state index in [1.165, 1.54) is 18.2 Å². The van der Waals surface area contributed by atoms with Gasteiger partial charge in [0.2, 0.25) is 0 Å². The molecule has 0 radical (unpaired) electrons. The number of phenolic OH excluding ortho intramolecular Hbond substituents is 3. The lowest BCUT2D eigenvalue weighted by Crippen LogP contribution is -2.07. The predicted molar refractivity (Wildman–Crippen MR) is 43.8 cm³/mol. The number of phenols is 3. The van der Waals surface area contributed by atoms with Crippen molar-refractivity contribution in [3.8, 4) is 17.2 Å². The van der Waals surface area contributed by atoms with E-state index in [0.29, 0.717) is 0 Å². The van der Waals surface area contributed by atoms with Gasteiger partial charge in [0.25, 0.3) is 0 Å². The predicted octanol–water partition coefficient (Wildman–Crippen LogP) is -1.25. The topological polar surface area (TPSA) is 121 Å². The van der Waals surface area contributed by atoms with E-state index >= 15 is 0 Å². The Morgan fingerprint density at radius 1 is 0.846 bits per heavy atom. The van der Waals surface area contributed by atoms with Gasteiger partial charge in [-0.15, -0.1) is 0 Å². The summed E-state index contributed by atoms with van der Waals surface area (Å²) in [6.07, 6.45) is 0. The van der Waals surface area contributed by atoms with Gasteiger partial charge in [0.05, 0.1) is 0 Å². The largest absolute Gasteiger partial charge is 0.631 e. The first-order valence-corrected chi connectivity index (χ1v) is 3.19. The average Bonchev–Trinajstić information content (AvgIpc) is 1.99. The van der Waals surface area contributed by atoms with Crippen molar-refractivity contribution in [2.24, 2.45) is 0 Å². The fourth-order valence-electron chi connectivity index (χ4n) is 0.519. The van der Waals surface area contributed by atoms with E-state index in [-0.39, 0.29) is 11.5 Å². The summed E-state index contributed by atoms with van der Waals surface area (Å²) in [6, 6.07) is 4.01. The Bertz CT molecular complexity index is 240. The van der Waals surface area contributed by atoms with Crippen LogP contribution >= 0.6 is 0 Å². The maximum Gasteiger partial charge on any atom is 0.631 e. The minimum atomic E-state index is -2.17. The molecular weight excluding hydrogens is 179 g/mol. The van der Waals surface area contributed by atoms with Crippen molar-refractivity contribution in [3.05, 3.63) is 18.2 Å². The van der Waals surface area contributed by atoms with Crippen molar-refractivity contribution in [1.82, 2.24) is 0 Å². The molecule has 0 aliphatic rings. The highest BCUT2D eigenvalue weighted by Crippen LogP contribution is 2.32. The Morgan fingerprint density at radius 2 is 1.15 bits per heavy atom. The fraction of sp³-hybridized carbons (Fsp3) is 0. The van der Waals surface area contributed by atoms with Crippen LogP contribution in [-0.2, 0) is 0 Å². The van der Waals surface area contributed by atoms with E-state index in [4.69, 9.17) is 30.4 Å². The Morgan fingerprint density at radius 3 is 1.38 bits per heavy atom. The molecule has 6 nitrogen and oxygen atoms in total. The van der Waals surface area contributed by atoms with E-state index in [0.717, 1.165) is 0 Å². The molecular formula is C6H9BO6. The van der Waals surface area contributed by atoms with Crippen molar-refractivity contribution >= 4 is 7.32 Å². The van der Waals surface area contributed by atoms with Crippen LogP contribution in [0.1, 0.15) is 0 Å². The molecule has 1 aromatic carbocycles. The molecule has 7 heteroatoms. The number of benzene rings is 1. The van der Waals surface area contributed by atoms with Crippen LogP contribution in [0, 0.1) is 0 Å². The van der Waals surface area contributed by atoms with Crippen molar-refractivity contribution < 1.29 is 30.4 Å². The molecule has 0 aromatic heterocycles. The molecule has 1 aromatic rings. The lowest BCUT2D eigenvalue weighted by atomic mass is 10.3. The first kappa shape index (κ1) is 11.6. The van der Waals surface area contributed by atoms with Crippen LogP contribution in [0.15, 0.2) is 18.2 Å². The summed E-state index contributed by atoms with van der Waals surface area (Å²) < 4.78 is 0. The molecule has 72 valence electrons. The number of rotatable bonds is 0. The zero-order chi connectivity index (χ0) is 10.4. The third-order valence-corrected chi connectivity index (χ3v) is 0.993. The van der Waals surface area contributed by atoms with E-state index in [1.807, 2.05) is 0 Å². The van der Waals surface area contributed by atoms with Gasteiger partial charge in [0.15, 0.2) is 17.2 Å². The molecule has 6 N–H and O–H groups in total. The molecule has 0 heterocycles. The van der Waals surface area contributed by atoms with E-state index < -0.39 is 13.1 Å². The molecule has 0 aliphatic carbocycles. The Labute approximate surface area is 74.1 Å². The highest BCUT2D eigenvalue weighted by molar-refractivity contribution is 6.30. The zero-order valence-corrected chi connectivity index (χ0v) is 6.49. The maximum absolute atomic E-state index is 8.71. The van der Waals surface area contributed by atoms with Crippen molar-refractivity contribution in [2.75, 3.05) is 0 Å². The van der Waals surface area contributed by atoms with Crippen molar-refractivity contribution in [1.29, 1.82) is 0 Å². The molecule has 0 fully saturated rings. The molecule has 1 rings (SSSR count). The van der Waals surface area contributed by atoms with Crippen LogP contribution in [0.25, 0.3) is 0 Å². The van der Waals surface area contributed by atoms with Gasteiger partial charge in [-0.2, -0.15) is 0 Å². The average molecular weight is 188 g/mol. The van der Waals surface area contributed by atoms with Crippen LogP contribution in [0.3, 0.4) is 0 Å². The third-order valence-electron chi connectivity index (χ3n) is 0.993. The van der Waals surface area contributed by atoms with Crippen molar-refractivity contribution in [2.45, 2.75) is 0 Å². The van der Waals surface area contributed by atoms with Gasteiger partial charge < -0.3 is 30.4 Å². The highest BCUT2D eigenvalue weighted by atomic mass is 16.5. The minimum Gasteiger partial charge on any atom is -0.504 e. The van der Waals surface area contributed by atoms with Crippen LogP contribution in [-0.4, -0.2) is 37.7 Å². The number of aromatic hydroxyl groups is 3. The summed E-state index contributed by atoms with van der Waals surface area (Å²) in [5, 5.41) is 47.6. The van der Waals surface area contributed by atoms with Gasteiger partial charge in [-0.05, 0) is 12.1 Å². The fourth-order valence-corrected chi connectivity index (χ4v) is 0.519. The van der Waals surface area contributed by atoms with Crippen LogP contribution in [0.4, 0.5) is 0 Å².